The molecule has 1 aliphatic rings. The van der Waals surface area contributed by atoms with Gasteiger partial charge in [-0.2, -0.15) is 0 Å². The number of rotatable bonds is 8. The van der Waals surface area contributed by atoms with E-state index in [1.807, 2.05) is 4.90 Å². The fourth-order valence-corrected chi connectivity index (χ4v) is 3.38. The summed E-state index contributed by atoms with van der Waals surface area (Å²) in [4.78, 5) is 14.9. The first kappa shape index (κ1) is 16.4. The van der Waals surface area contributed by atoms with Crippen LogP contribution in [0.25, 0.3) is 0 Å². The lowest BCUT2D eigenvalue weighted by atomic mass is 9.61. The number of carbonyl (C=O) groups excluding carboxylic acids is 1. The van der Waals surface area contributed by atoms with Gasteiger partial charge in [0.25, 0.3) is 0 Å². The second-order valence-electron chi connectivity index (χ2n) is 5.96. The number of ether oxygens (including phenoxy) is 1. The molecule has 0 unspecified atom stereocenters. The Hall–Kier alpha value is -0.610. The Labute approximate surface area is 117 Å². The maximum atomic E-state index is 12.9. The fraction of sp³-hybridized carbons (Fsp3) is 0.933. The van der Waals surface area contributed by atoms with Crippen molar-refractivity contribution >= 4 is 5.91 Å². The van der Waals surface area contributed by atoms with Gasteiger partial charge in [-0.15, -0.1) is 0 Å². The summed E-state index contributed by atoms with van der Waals surface area (Å²) in [7, 11) is 1.68. The van der Waals surface area contributed by atoms with E-state index in [1.54, 1.807) is 7.11 Å². The highest BCUT2D eigenvalue weighted by atomic mass is 16.5. The molecular formula is C15H30N2O2. The first-order valence-electron chi connectivity index (χ1n) is 7.54. The van der Waals surface area contributed by atoms with Crippen LogP contribution in [0.3, 0.4) is 0 Å². The molecule has 0 atom stereocenters. The second-order valence-corrected chi connectivity index (χ2v) is 5.96. The molecular weight excluding hydrogens is 240 g/mol. The predicted octanol–water partition coefficient (Wildman–Crippen LogP) is 2.02. The van der Waals surface area contributed by atoms with E-state index in [4.69, 9.17) is 10.5 Å². The third kappa shape index (κ3) is 3.48. The molecule has 1 rings (SSSR count). The van der Waals surface area contributed by atoms with Gasteiger partial charge < -0.3 is 15.4 Å². The molecule has 0 aromatic heterocycles. The lowest BCUT2D eigenvalue weighted by Gasteiger charge is -2.48. The smallest absolute Gasteiger partial charge is 0.230 e. The molecule has 1 saturated carbocycles. The third-order valence-corrected chi connectivity index (χ3v) is 4.50. The molecule has 0 saturated heterocycles. The van der Waals surface area contributed by atoms with Gasteiger partial charge in [-0.05, 0) is 31.6 Å². The summed E-state index contributed by atoms with van der Waals surface area (Å²) < 4.78 is 5.16. The normalized spacial score (nSPS) is 26.3. The molecule has 0 aromatic carbocycles. The monoisotopic (exact) mass is 270 g/mol. The van der Waals surface area contributed by atoms with Crippen LogP contribution in [0.4, 0.5) is 0 Å². The average Bonchev–Trinajstić information content (AvgIpc) is 2.39. The highest BCUT2D eigenvalue weighted by Gasteiger charge is 2.49. The predicted molar refractivity (Wildman–Crippen MR) is 77.8 cm³/mol. The fourth-order valence-electron chi connectivity index (χ4n) is 3.38. The number of nitrogens with two attached hydrogens (primary N) is 1. The van der Waals surface area contributed by atoms with Crippen molar-refractivity contribution in [2.45, 2.75) is 52.5 Å². The van der Waals surface area contributed by atoms with Crippen molar-refractivity contribution in [3.63, 3.8) is 0 Å². The van der Waals surface area contributed by atoms with E-state index in [9.17, 15) is 4.79 Å². The number of hydrogen-bond donors (Lipinski definition) is 1. The topological polar surface area (TPSA) is 55.6 Å². The Morgan fingerprint density at radius 1 is 1.42 bits per heavy atom. The minimum absolute atomic E-state index is 0.249. The van der Waals surface area contributed by atoms with Crippen LogP contribution in [0, 0.1) is 11.3 Å². The van der Waals surface area contributed by atoms with E-state index < -0.39 is 0 Å². The summed E-state index contributed by atoms with van der Waals surface area (Å²) in [6.07, 6.45) is 3.85. The quantitative estimate of drug-likeness (QED) is 0.734. The van der Waals surface area contributed by atoms with E-state index in [-0.39, 0.29) is 11.3 Å². The SMILES string of the molecule is CCC(CC)N(CCOC)C(=O)C1(CN)CC(C)C1. The summed E-state index contributed by atoms with van der Waals surface area (Å²) in [6, 6.07) is 0.307. The first-order valence-corrected chi connectivity index (χ1v) is 7.54. The molecule has 0 aromatic rings. The molecule has 4 heteroatoms. The summed E-state index contributed by atoms with van der Waals surface area (Å²) in [5.74, 6) is 0.873. The largest absolute Gasteiger partial charge is 0.383 e. The van der Waals surface area contributed by atoms with Crippen LogP contribution >= 0.6 is 0 Å². The van der Waals surface area contributed by atoms with Crippen LogP contribution < -0.4 is 5.73 Å². The molecule has 0 radical (unpaired) electrons. The Morgan fingerprint density at radius 3 is 2.37 bits per heavy atom. The first-order chi connectivity index (χ1) is 9.04. The molecule has 1 amide bonds. The summed E-state index contributed by atoms with van der Waals surface area (Å²) >= 11 is 0. The van der Waals surface area contributed by atoms with Crippen LogP contribution in [0.1, 0.15) is 46.5 Å². The van der Waals surface area contributed by atoms with Gasteiger partial charge in [0.15, 0.2) is 0 Å². The Morgan fingerprint density at radius 2 is 2.00 bits per heavy atom. The van der Waals surface area contributed by atoms with Crippen molar-refractivity contribution < 1.29 is 9.53 Å². The molecule has 0 aliphatic heterocycles. The van der Waals surface area contributed by atoms with Crippen LogP contribution in [-0.2, 0) is 9.53 Å². The molecule has 1 fully saturated rings. The standard InChI is InChI=1S/C15H30N2O2/c1-5-13(6-2)17(7-8-19-4)14(18)15(11-16)9-12(3)10-15/h12-13H,5-11,16H2,1-4H3. The summed E-state index contributed by atoms with van der Waals surface area (Å²) in [6.45, 7) is 8.22. The van der Waals surface area contributed by atoms with Gasteiger partial charge in [-0.1, -0.05) is 20.8 Å². The number of amides is 1. The lowest BCUT2D eigenvalue weighted by molar-refractivity contribution is -0.153. The van der Waals surface area contributed by atoms with E-state index in [0.29, 0.717) is 31.7 Å². The maximum Gasteiger partial charge on any atom is 0.230 e. The number of nitrogens with zero attached hydrogens (tertiary/aromatic N) is 1. The van der Waals surface area contributed by atoms with Gasteiger partial charge in [0.05, 0.1) is 12.0 Å². The summed E-state index contributed by atoms with van der Waals surface area (Å²) in [5, 5.41) is 0. The molecule has 0 spiro atoms. The zero-order chi connectivity index (χ0) is 14.5. The van der Waals surface area contributed by atoms with Crippen molar-refractivity contribution in [1.82, 2.24) is 4.90 Å². The van der Waals surface area contributed by atoms with Gasteiger partial charge in [0, 0.05) is 26.2 Å². The van der Waals surface area contributed by atoms with Gasteiger partial charge in [-0.3, -0.25) is 4.79 Å². The zero-order valence-corrected chi connectivity index (χ0v) is 12.9. The van der Waals surface area contributed by atoms with Crippen LogP contribution in [0.5, 0.6) is 0 Å². The minimum Gasteiger partial charge on any atom is -0.383 e. The van der Waals surface area contributed by atoms with Gasteiger partial charge in [0.1, 0.15) is 0 Å². The van der Waals surface area contributed by atoms with E-state index in [0.717, 1.165) is 25.7 Å². The molecule has 4 nitrogen and oxygen atoms in total. The Balaban J connectivity index is 2.80. The molecule has 19 heavy (non-hydrogen) atoms. The zero-order valence-electron chi connectivity index (χ0n) is 12.9. The van der Waals surface area contributed by atoms with Gasteiger partial charge >= 0.3 is 0 Å². The van der Waals surface area contributed by atoms with Crippen LogP contribution in [-0.4, -0.2) is 43.7 Å². The van der Waals surface area contributed by atoms with Crippen molar-refractivity contribution in [3.05, 3.63) is 0 Å². The van der Waals surface area contributed by atoms with Crippen molar-refractivity contribution in [2.75, 3.05) is 26.8 Å². The Bertz CT molecular complexity index is 284. The van der Waals surface area contributed by atoms with Crippen molar-refractivity contribution in [3.8, 4) is 0 Å². The highest BCUT2D eigenvalue weighted by molar-refractivity contribution is 5.84. The van der Waals surface area contributed by atoms with E-state index in [2.05, 4.69) is 20.8 Å². The van der Waals surface area contributed by atoms with E-state index in [1.165, 1.54) is 0 Å². The molecule has 0 heterocycles. The van der Waals surface area contributed by atoms with Crippen LogP contribution in [0.15, 0.2) is 0 Å². The van der Waals surface area contributed by atoms with Crippen molar-refractivity contribution in [2.24, 2.45) is 17.1 Å². The highest BCUT2D eigenvalue weighted by Crippen LogP contribution is 2.46. The summed E-state index contributed by atoms with van der Waals surface area (Å²) in [5.41, 5.74) is 5.61. The number of carbonyl (C=O) groups is 1. The molecule has 2 N–H and O–H groups in total. The van der Waals surface area contributed by atoms with E-state index >= 15 is 0 Å². The van der Waals surface area contributed by atoms with Gasteiger partial charge in [-0.25, -0.2) is 0 Å². The molecule has 112 valence electrons. The third-order valence-electron chi connectivity index (χ3n) is 4.50. The average molecular weight is 270 g/mol. The lowest BCUT2D eigenvalue weighted by Crippen LogP contribution is -2.57. The second kappa shape index (κ2) is 7.25. The van der Waals surface area contributed by atoms with Crippen molar-refractivity contribution in [1.29, 1.82) is 0 Å². The maximum absolute atomic E-state index is 12.9. The number of hydrogen-bond acceptors (Lipinski definition) is 3. The van der Waals surface area contributed by atoms with Gasteiger partial charge in [0.2, 0.25) is 5.91 Å². The van der Waals surface area contributed by atoms with Crippen LogP contribution in [0.2, 0.25) is 0 Å². The number of methoxy groups -OCH3 is 1. The molecule has 0 bridgehead atoms. The Kier molecular flexibility index (Phi) is 6.27. The molecule has 1 aliphatic carbocycles. The minimum atomic E-state index is -0.296.